The first-order chi connectivity index (χ1) is 13.2. The number of hydrogen-bond donors (Lipinski definition) is 2. The van der Waals surface area contributed by atoms with Crippen LogP contribution in [-0.2, 0) is 11.8 Å². The molecule has 1 heterocycles. The number of pyridine rings is 1. The van der Waals surface area contributed by atoms with E-state index in [4.69, 9.17) is 21.3 Å². The smallest absolute Gasteiger partial charge is 0.191 e. The predicted octanol–water partition coefficient (Wildman–Crippen LogP) is 4.19. The third-order valence-electron chi connectivity index (χ3n) is 4.91. The van der Waals surface area contributed by atoms with Gasteiger partial charge < -0.3 is 15.4 Å². The summed E-state index contributed by atoms with van der Waals surface area (Å²) in [6.07, 6.45) is 4.97. The maximum absolute atomic E-state index is 5.83. The Labute approximate surface area is 189 Å². The van der Waals surface area contributed by atoms with E-state index in [0.29, 0.717) is 5.15 Å². The third-order valence-corrected chi connectivity index (χ3v) is 5.13. The Morgan fingerprint density at radius 3 is 2.64 bits per heavy atom. The molecule has 2 aromatic rings. The molecule has 0 spiro atoms. The highest BCUT2D eigenvalue weighted by atomic mass is 127. The van der Waals surface area contributed by atoms with Gasteiger partial charge in [0.25, 0.3) is 0 Å². The van der Waals surface area contributed by atoms with Crippen LogP contribution in [0.2, 0.25) is 5.15 Å². The van der Waals surface area contributed by atoms with Gasteiger partial charge in [-0.2, -0.15) is 0 Å². The van der Waals surface area contributed by atoms with E-state index in [2.05, 4.69) is 34.7 Å². The highest BCUT2D eigenvalue weighted by molar-refractivity contribution is 14.0. The van der Waals surface area contributed by atoms with Gasteiger partial charge in [0.15, 0.2) is 5.96 Å². The minimum absolute atomic E-state index is 0. The van der Waals surface area contributed by atoms with E-state index < -0.39 is 0 Å². The van der Waals surface area contributed by atoms with Crippen molar-refractivity contribution >= 4 is 41.5 Å². The molecule has 0 atom stereocenters. The molecule has 1 aromatic carbocycles. The average molecular weight is 515 g/mol. The summed E-state index contributed by atoms with van der Waals surface area (Å²) in [6.45, 7) is 4.45. The number of benzene rings is 1. The highest BCUT2D eigenvalue weighted by Gasteiger charge is 2.46. The molecule has 1 fully saturated rings. The lowest BCUT2D eigenvalue weighted by Gasteiger charge is -2.18. The summed E-state index contributed by atoms with van der Waals surface area (Å²) in [6, 6.07) is 12.1. The van der Waals surface area contributed by atoms with Gasteiger partial charge in [0, 0.05) is 30.3 Å². The molecule has 1 aliphatic carbocycles. The van der Waals surface area contributed by atoms with Crippen LogP contribution < -0.4 is 15.4 Å². The van der Waals surface area contributed by atoms with Crippen LogP contribution in [0.4, 0.5) is 0 Å². The van der Waals surface area contributed by atoms with Crippen LogP contribution in [0, 0.1) is 0 Å². The number of hydrogen-bond acceptors (Lipinski definition) is 3. The molecule has 7 heteroatoms. The molecular formula is C21H28ClIN4O. The van der Waals surface area contributed by atoms with Crippen molar-refractivity contribution in [2.24, 2.45) is 4.99 Å². The molecule has 0 radical (unpaired) electrons. The van der Waals surface area contributed by atoms with Gasteiger partial charge in [-0.15, -0.1) is 24.0 Å². The first-order valence-corrected chi connectivity index (χ1v) is 9.81. The van der Waals surface area contributed by atoms with Crippen LogP contribution in [0.1, 0.15) is 30.9 Å². The number of guanidine groups is 1. The van der Waals surface area contributed by atoms with Crippen molar-refractivity contribution in [3.63, 3.8) is 0 Å². The number of aromatic nitrogens is 1. The summed E-state index contributed by atoms with van der Waals surface area (Å²) in [5, 5.41) is 7.26. The molecular weight excluding hydrogens is 487 g/mol. The van der Waals surface area contributed by atoms with E-state index in [0.717, 1.165) is 56.2 Å². The van der Waals surface area contributed by atoms with Crippen molar-refractivity contribution in [1.82, 2.24) is 15.6 Å². The van der Waals surface area contributed by atoms with E-state index in [1.165, 1.54) is 5.56 Å². The number of para-hydroxylation sites is 1. The monoisotopic (exact) mass is 514 g/mol. The van der Waals surface area contributed by atoms with Crippen molar-refractivity contribution in [3.8, 4) is 5.75 Å². The van der Waals surface area contributed by atoms with E-state index in [1.54, 1.807) is 7.11 Å². The molecule has 0 amide bonds. The van der Waals surface area contributed by atoms with Gasteiger partial charge in [0.1, 0.15) is 10.9 Å². The Morgan fingerprint density at radius 1 is 1.21 bits per heavy atom. The van der Waals surface area contributed by atoms with E-state index in [1.807, 2.05) is 30.5 Å². The van der Waals surface area contributed by atoms with Gasteiger partial charge in [-0.3, -0.25) is 4.99 Å². The molecule has 0 bridgehead atoms. The van der Waals surface area contributed by atoms with Gasteiger partial charge in [-0.1, -0.05) is 35.9 Å². The zero-order valence-electron chi connectivity index (χ0n) is 16.4. The number of rotatable bonds is 8. The van der Waals surface area contributed by atoms with E-state index in [9.17, 15) is 0 Å². The van der Waals surface area contributed by atoms with Crippen molar-refractivity contribution in [1.29, 1.82) is 0 Å². The lowest BCUT2D eigenvalue weighted by Crippen LogP contribution is -2.39. The Kier molecular flexibility index (Phi) is 8.82. The van der Waals surface area contributed by atoms with Gasteiger partial charge in [0.2, 0.25) is 0 Å². The third kappa shape index (κ3) is 5.98. The number of aliphatic imine (C=N–C) groups is 1. The van der Waals surface area contributed by atoms with Crippen molar-refractivity contribution in [3.05, 3.63) is 58.9 Å². The molecule has 0 saturated heterocycles. The number of nitrogens with zero attached hydrogens (tertiary/aromatic N) is 2. The second-order valence-corrected chi connectivity index (χ2v) is 7.23. The van der Waals surface area contributed by atoms with Crippen LogP contribution >= 0.6 is 35.6 Å². The number of methoxy groups -OCH3 is 1. The van der Waals surface area contributed by atoms with Crippen LogP contribution in [0.15, 0.2) is 47.6 Å². The Bertz CT molecular complexity index is 778. The molecule has 1 saturated carbocycles. The SMILES string of the molecule is CCNC(=NCC1(c2ccccc2OC)CC1)NCCc1ccc(Cl)nc1.I. The second kappa shape index (κ2) is 10.9. The largest absolute Gasteiger partial charge is 0.496 e. The lowest BCUT2D eigenvalue weighted by atomic mass is 9.95. The van der Waals surface area contributed by atoms with Crippen molar-refractivity contribution in [2.45, 2.75) is 31.6 Å². The number of nitrogens with one attached hydrogen (secondary N) is 2. The second-order valence-electron chi connectivity index (χ2n) is 6.84. The molecule has 28 heavy (non-hydrogen) atoms. The summed E-state index contributed by atoms with van der Waals surface area (Å²) in [7, 11) is 1.73. The summed E-state index contributed by atoms with van der Waals surface area (Å²) < 4.78 is 5.55. The zero-order chi connectivity index (χ0) is 19.1. The Morgan fingerprint density at radius 2 is 2.00 bits per heavy atom. The van der Waals surface area contributed by atoms with Gasteiger partial charge >= 0.3 is 0 Å². The van der Waals surface area contributed by atoms with Gasteiger partial charge in [-0.05, 0) is 43.9 Å². The Hall–Kier alpha value is -1.54. The number of ether oxygens (including phenoxy) is 1. The average Bonchev–Trinajstić information content (AvgIpc) is 3.48. The van der Waals surface area contributed by atoms with Crippen LogP contribution in [0.25, 0.3) is 0 Å². The maximum atomic E-state index is 5.83. The first-order valence-electron chi connectivity index (χ1n) is 9.43. The Balaban J connectivity index is 0.00000280. The normalized spacial score (nSPS) is 14.8. The summed E-state index contributed by atoms with van der Waals surface area (Å²) in [5.41, 5.74) is 2.52. The molecule has 0 unspecified atom stereocenters. The minimum Gasteiger partial charge on any atom is -0.496 e. The maximum Gasteiger partial charge on any atom is 0.191 e. The molecule has 3 rings (SSSR count). The fraction of sp³-hybridized carbons (Fsp3) is 0.429. The van der Waals surface area contributed by atoms with Gasteiger partial charge in [-0.25, -0.2) is 4.98 Å². The lowest BCUT2D eigenvalue weighted by molar-refractivity contribution is 0.404. The fourth-order valence-electron chi connectivity index (χ4n) is 3.20. The number of halogens is 2. The molecule has 1 aromatic heterocycles. The van der Waals surface area contributed by atoms with Crippen molar-refractivity contribution in [2.75, 3.05) is 26.7 Å². The summed E-state index contributed by atoms with van der Waals surface area (Å²) in [4.78, 5) is 8.97. The molecule has 0 aliphatic heterocycles. The zero-order valence-corrected chi connectivity index (χ0v) is 19.5. The van der Waals surface area contributed by atoms with Crippen LogP contribution in [0.3, 0.4) is 0 Å². The van der Waals surface area contributed by atoms with Crippen LogP contribution in [-0.4, -0.2) is 37.7 Å². The van der Waals surface area contributed by atoms with E-state index >= 15 is 0 Å². The highest BCUT2D eigenvalue weighted by Crippen LogP contribution is 2.51. The molecule has 1 aliphatic rings. The molecule has 152 valence electrons. The quantitative estimate of drug-likeness (QED) is 0.240. The van der Waals surface area contributed by atoms with Crippen LogP contribution in [0.5, 0.6) is 5.75 Å². The molecule has 2 N–H and O–H groups in total. The molecule has 5 nitrogen and oxygen atoms in total. The topological polar surface area (TPSA) is 58.5 Å². The predicted molar refractivity (Wildman–Crippen MR) is 126 cm³/mol. The minimum atomic E-state index is 0. The van der Waals surface area contributed by atoms with Crippen molar-refractivity contribution < 1.29 is 4.74 Å². The fourth-order valence-corrected chi connectivity index (χ4v) is 3.31. The summed E-state index contributed by atoms with van der Waals surface area (Å²) >= 11 is 5.83. The van der Waals surface area contributed by atoms with Gasteiger partial charge in [0.05, 0.1) is 13.7 Å². The van der Waals surface area contributed by atoms with E-state index in [-0.39, 0.29) is 29.4 Å². The summed E-state index contributed by atoms with van der Waals surface area (Å²) in [5.74, 6) is 1.80. The first kappa shape index (κ1) is 22.7. The standard InChI is InChI=1S/C21H27ClN4O.HI/c1-3-23-20(24-13-10-16-8-9-19(22)25-14-16)26-15-21(11-12-21)17-6-4-5-7-18(17)27-2;/h4-9,14H,3,10-13,15H2,1-2H3,(H2,23,24,26);1H.